The van der Waals surface area contributed by atoms with Crippen molar-refractivity contribution < 1.29 is 19.5 Å². The van der Waals surface area contributed by atoms with Gasteiger partial charge in [-0.2, -0.15) is 0 Å². The van der Waals surface area contributed by atoms with Crippen LogP contribution in [0.15, 0.2) is 0 Å². The molecule has 0 bridgehead atoms. The van der Waals surface area contributed by atoms with Crippen molar-refractivity contribution in [3.8, 4) is 0 Å². The third-order valence-corrected chi connectivity index (χ3v) is 2.16. The molecule has 0 aromatic heterocycles. The van der Waals surface area contributed by atoms with Gasteiger partial charge in [-0.25, -0.2) is 5.06 Å². The maximum Gasteiger partial charge on any atom is 0.242 e. The van der Waals surface area contributed by atoms with Gasteiger partial charge in [0.2, 0.25) is 5.91 Å². The van der Waals surface area contributed by atoms with Crippen molar-refractivity contribution in [1.82, 2.24) is 5.06 Å². The molecule has 1 unspecified atom stereocenters. The van der Waals surface area contributed by atoms with E-state index in [2.05, 4.69) is 0 Å². The molecule has 5 nitrogen and oxygen atoms in total. The van der Waals surface area contributed by atoms with E-state index in [1.807, 2.05) is 0 Å². The molecule has 1 amide bonds. The number of hydrogen-bond acceptors (Lipinski definition) is 3. The summed E-state index contributed by atoms with van der Waals surface area (Å²) in [6, 6.07) is 0. The Morgan fingerprint density at radius 3 is 2.50 bits per heavy atom. The largest absolute Gasteiger partial charge is 0.346 e. The predicted octanol–water partition coefficient (Wildman–Crippen LogP) is 0.471. The lowest BCUT2D eigenvalue weighted by atomic mass is 10.3. The Kier molecular flexibility index (Phi) is 5.98. The van der Waals surface area contributed by atoms with Crippen LogP contribution in [0.2, 0.25) is 0 Å². The van der Waals surface area contributed by atoms with Crippen LogP contribution in [0.4, 0.5) is 0 Å². The van der Waals surface area contributed by atoms with E-state index < -0.39 is 13.9 Å². The SMILES string of the molecule is CC(=O)N(O)CCCC[PH](=O)O. The highest BCUT2D eigenvalue weighted by Crippen LogP contribution is 2.14. The summed E-state index contributed by atoms with van der Waals surface area (Å²) in [7, 11) is -2.39. The lowest BCUT2D eigenvalue weighted by molar-refractivity contribution is -0.162. The number of rotatable bonds is 5. The van der Waals surface area contributed by atoms with Crippen LogP contribution in [0.3, 0.4) is 0 Å². The molecule has 12 heavy (non-hydrogen) atoms. The first-order chi connectivity index (χ1) is 5.54. The number of unbranched alkanes of at least 4 members (excludes halogenated alkanes) is 1. The summed E-state index contributed by atoms with van der Waals surface area (Å²) >= 11 is 0. The van der Waals surface area contributed by atoms with E-state index in [-0.39, 0.29) is 12.7 Å². The fourth-order valence-electron chi connectivity index (χ4n) is 0.695. The maximum atomic E-state index is 10.4. The summed E-state index contributed by atoms with van der Waals surface area (Å²) in [5, 5.41) is 9.45. The van der Waals surface area contributed by atoms with Crippen molar-refractivity contribution in [2.45, 2.75) is 19.8 Å². The highest BCUT2D eigenvalue weighted by atomic mass is 31.1. The van der Waals surface area contributed by atoms with Crippen LogP contribution in [0, 0.1) is 0 Å². The molecular weight excluding hydrogens is 181 g/mol. The molecule has 0 radical (unpaired) electrons. The van der Waals surface area contributed by atoms with Crippen molar-refractivity contribution in [1.29, 1.82) is 0 Å². The van der Waals surface area contributed by atoms with Gasteiger partial charge in [-0.15, -0.1) is 0 Å². The summed E-state index contributed by atoms with van der Waals surface area (Å²) in [5.41, 5.74) is 0. The van der Waals surface area contributed by atoms with Crippen LogP contribution in [-0.4, -0.2) is 33.8 Å². The number of hydrogen-bond donors (Lipinski definition) is 2. The van der Waals surface area contributed by atoms with E-state index in [1.54, 1.807) is 0 Å². The van der Waals surface area contributed by atoms with Crippen LogP contribution in [0.25, 0.3) is 0 Å². The molecule has 0 aliphatic carbocycles. The first-order valence-electron chi connectivity index (χ1n) is 3.73. The minimum Gasteiger partial charge on any atom is -0.346 e. The van der Waals surface area contributed by atoms with Crippen molar-refractivity contribution in [2.75, 3.05) is 12.7 Å². The van der Waals surface area contributed by atoms with E-state index in [4.69, 9.17) is 10.1 Å². The third-order valence-electron chi connectivity index (χ3n) is 1.37. The Hall–Kier alpha value is -0.380. The van der Waals surface area contributed by atoms with Gasteiger partial charge in [0.15, 0.2) is 8.03 Å². The van der Waals surface area contributed by atoms with Gasteiger partial charge in [-0.3, -0.25) is 14.6 Å². The molecular formula is C6H14NO4P. The molecule has 72 valence electrons. The smallest absolute Gasteiger partial charge is 0.242 e. The zero-order valence-electron chi connectivity index (χ0n) is 6.99. The van der Waals surface area contributed by atoms with Gasteiger partial charge in [0.1, 0.15) is 0 Å². The van der Waals surface area contributed by atoms with Crippen LogP contribution in [-0.2, 0) is 9.36 Å². The second kappa shape index (κ2) is 6.17. The Morgan fingerprint density at radius 2 is 2.08 bits per heavy atom. The van der Waals surface area contributed by atoms with E-state index in [0.717, 1.165) is 0 Å². The highest BCUT2D eigenvalue weighted by Gasteiger charge is 2.03. The maximum absolute atomic E-state index is 10.4. The Labute approximate surface area is 71.8 Å². The highest BCUT2D eigenvalue weighted by molar-refractivity contribution is 7.37. The van der Waals surface area contributed by atoms with Gasteiger partial charge in [0, 0.05) is 19.6 Å². The van der Waals surface area contributed by atoms with Crippen molar-refractivity contribution in [3.63, 3.8) is 0 Å². The van der Waals surface area contributed by atoms with Gasteiger partial charge in [0.05, 0.1) is 0 Å². The van der Waals surface area contributed by atoms with E-state index in [9.17, 15) is 9.36 Å². The van der Waals surface area contributed by atoms with E-state index in [1.165, 1.54) is 6.92 Å². The van der Waals surface area contributed by atoms with Crippen LogP contribution in [0.1, 0.15) is 19.8 Å². The minimum absolute atomic E-state index is 0.227. The van der Waals surface area contributed by atoms with Crippen LogP contribution >= 0.6 is 8.03 Å². The van der Waals surface area contributed by atoms with Crippen molar-refractivity contribution in [3.05, 3.63) is 0 Å². The average molecular weight is 195 g/mol. The van der Waals surface area contributed by atoms with Gasteiger partial charge in [-0.05, 0) is 12.8 Å². The first-order valence-corrected chi connectivity index (χ1v) is 5.29. The van der Waals surface area contributed by atoms with Gasteiger partial charge >= 0.3 is 0 Å². The van der Waals surface area contributed by atoms with Crippen molar-refractivity contribution in [2.24, 2.45) is 0 Å². The molecule has 0 spiro atoms. The summed E-state index contributed by atoms with van der Waals surface area (Å²) in [6.45, 7) is 1.49. The summed E-state index contributed by atoms with van der Waals surface area (Å²) in [5.74, 6) is -0.411. The zero-order valence-corrected chi connectivity index (χ0v) is 7.99. The second-order valence-electron chi connectivity index (χ2n) is 2.49. The summed E-state index contributed by atoms with van der Waals surface area (Å²) in [6.07, 6.45) is 1.36. The molecule has 0 heterocycles. The topological polar surface area (TPSA) is 77.8 Å². The van der Waals surface area contributed by atoms with E-state index >= 15 is 0 Å². The monoisotopic (exact) mass is 195 g/mol. The number of amides is 1. The molecule has 0 rings (SSSR count). The normalized spacial score (nSPS) is 12.6. The predicted molar refractivity (Wildman–Crippen MR) is 44.5 cm³/mol. The molecule has 0 fully saturated rings. The minimum atomic E-state index is -2.39. The van der Waals surface area contributed by atoms with Gasteiger partial charge < -0.3 is 4.89 Å². The summed E-state index contributed by atoms with van der Waals surface area (Å²) in [4.78, 5) is 18.9. The second-order valence-corrected chi connectivity index (χ2v) is 3.78. The molecule has 0 aliphatic rings. The van der Waals surface area contributed by atoms with Gasteiger partial charge in [-0.1, -0.05) is 0 Å². The third kappa shape index (κ3) is 6.34. The number of carbonyl (C=O) groups is 1. The molecule has 6 heteroatoms. The molecule has 0 aromatic carbocycles. The lowest BCUT2D eigenvalue weighted by Gasteiger charge is -2.11. The zero-order chi connectivity index (χ0) is 9.56. The number of nitrogens with zero attached hydrogens (tertiary/aromatic N) is 1. The lowest BCUT2D eigenvalue weighted by Crippen LogP contribution is -2.25. The van der Waals surface area contributed by atoms with Crippen LogP contribution in [0.5, 0.6) is 0 Å². The average Bonchev–Trinajstić information content (AvgIpc) is 1.97. The molecule has 0 saturated heterocycles. The Morgan fingerprint density at radius 1 is 1.50 bits per heavy atom. The quantitative estimate of drug-likeness (QED) is 0.289. The van der Waals surface area contributed by atoms with Crippen molar-refractivity contribution >= 4 is 13.9 Å². The van der Waals surface area contributed by atoms with E-state index in [0.29, 0.717) is 17.9 Å². The molecule has 2 N–H and O–H groups in total. The molecule has 0 aliphatic heterocycles. The van der Waals surface area contributed by atoms with Crippen LogP contribution < -0.4 is 0 Å². The fourth-order valence-corrected chi connectivity index (χ4v) is 1.25. The molecule has 0 aromatic rings. The fraction of sp³-hybridized carbons (Fsp3) is 0.833. The molecule has 1 atom stereocenters. The summed E-state index contributed by atoms with van der Waals surface area (Å²) < 4.78 is 10.2. The number of hydroxylamine groups is 2. The Bertz CT molecular complexity index is 173. The number of carbonyl (C=O) groups excluding carboxylic acids is 1. The standard InChI is InChI=1S/C6H14NO4P/c1-6(8)7(9)4-2-3-5-12(10)11/h9,12H,2-5H2,1H3,(H,10,11). The van der Waals surface area contributed by atoms with Gasteiger partial charge in [0.25, 0.3) is 0 Å². The first kappa shape index (κ1) is 11.6. The molecule has 0 saturated carbocycles. The Balaban J connectivity index is 3.31.